The molecule has 0 atom stereocenters. The van der Waals surface area contributed by atoms with Gasteiger partial charge in [0.05, 0.1) is 11.2 Å². The van der Waals surface area contributed by atoms with Gasteiger partial charge in [0.2, 0.25) is 0 Å². The highest BCUT2D eigenvalue weighted by Gasteiger charge is 2.21. The van der Waals surface area contributed by atoms with Crippen molar-refractivity contribution >= 4 is 10.9 Å². The van der Waals surface area contributed by atoms with Gasteiger partial charge in [0.1, 0.15) is 5.82 Å². The molecule has 2 heteroatoms. The predicted molar refractivity (Wildman–Crippen MR) is 88.9 cm³/mol. The summed E-state index contributed by atoms with van der Waals surface area (Å²) in [4.78, 5) is 9.92. The van der Waals surface area contributed by atoms with E-state index in [4.69, 9.17) is 9.97 Å². The molecule has 1 aromatic heterocycles. The first-order chi connectivity index (χ1) is 10.1. The summed E-state index contributed by atoms with van der Waals surface area (Å²) in [7, 11) is 0. The second-order valence-electron chi connectivity index (χ2n) is 6.91. The van der Waals surface area contributed by atoms with Gasteiger partial charge in [0, 0.05) is 11.3 Å². The molecule has 1 saturated carbocycles. The summed E-state index contributed by atoms with van der Waals surface area (Å²) in [6, 6.07) is 4.51. The van der Waals surface area contributed by atoms with Crippen molar-refractivity contribution in [2.24, 2.45) is 0 Å². The smallest absolute Gasteiger partial charge is 0.132 e. The Labute approximate surface area is 128 Å². The van der Waals surface area contributed by atoms with E-state index in [2.05, 4.69) is 39.8 Å². The minimum absolute atomic E-state index is 0.444. The first-order valence-electron chi connectivity index (χ1n) is 8.35. The Hall–Kier alpha value is -1.44. The zero-order valence-corrected chi connectivity index (χ0v) is 13.7. The van der Waals surface area contributed by atoms with Crippen molar-refractivity contribution in [2.75, 3.05) is 0 Å². The molecule has 0 radical (unpaired) electrons. The molecule has 0 spiro atoms. The molecule has 112 valence electrons. The van der Waals surface area contributed by atoms with Crippen LogP contribution < -0.4 is 0 Å². The third kappa shape index (κ3) is 2.81. The number of rotatable bonds is 2. The van der Waals surface area contributed by atoms with Crippen LogP contribution in [0.4, 0.5) is 0 Å². The van der Waals surface area contributed by atoms with E-state index in [-0.39, 0.29) is 0 Å². The summed E-state index contributed by atoms with van der Waals surface area (Å²) in [6.45, 7) is 8.82. The third-order valence-electron chi connectivity index (χ3n) is 4.88. The highest BCUT2D eigenvalue weighted by atomic mass is 14.9. The van der Waals surface area contributed by atoms with Gasteiger partial charge in [-0.3, -0.25) is 0 Å². The number of hydrogen-bond donors (Lipinski definition) is 0. The van der Waals surface area contributed by atoms with Crippen LogP contribution in [0.3, 0.4) is 0 Å². The number of aromatic nitrogens is 2. The van der Waals surface area contributed by atoms with Crippen molar-refractivity contribution in [2.45, 2.75) is 71.6 Å². The van der Waals surface area contributed by atoms with Gasteiger partial charge < -0.3 is 0 Å². The van der Waals surface area contributed by atoms with Crippen LogP contribution >= 0.6 is 0 Å². The summed E-state index contributed by atoms with van der Waals surface area (Å²) in [6.07, 6.45) is 6.55. The topological polar surface area (TPSA) is 25.8 Å². The molecule has 0 bridgehead atoms. The number of hydrogen-bond acceptors (Lipinski definition) is 2. The SMILES string of the molecule is Cc1cc2nc(C3CCCCC3)nc(C(C)C)c2cc1C. The summed E-state index contributed by atoms with van der Waals surface area (Å²) < 4.78 is 0. The van der Waals surface area contributed by atoms with E-state index in [1.165, 1.54) is 54.3 Å². The molecule has 2 aromatic rings. The quantitative estimate of drug-likeness (QED) is 0.735. The second-order valence-corrected chi connectivity index (χ2v) is 6.91. The zero-order valence-electron chi connectivity index (χ0n) is 13.7. The molecule has 0 amide bonds. The fourth-order valence-electron chi connectivity index (χ4n) is 3.41. The lowest BCUT2D eigenvalue weighted by atomic mass is 9.88. The van der Waals surface area contributed by atoms with Crippen LogP contribution in [0, 0.1) is 13.8 Å². The highest BCUT2D eigenvalue weighted by Crippen LogP contribution is 2.33. The first kappa shape index (κ1) is 14.5. The fraction of sp³-hybridized carbons (Fsp3) is 0.579. The van der Waals surface area contributed by atoms with Crippen LogP contribution in [0.1, 0.15) is 80.4 Å². The van der Waals surface area contributed by atoms with Crippen molar-refractivity contribution < 1.29 is 0 Å². The van der Waals surface area contributed by atoms with Crippen molar-refractivity contribution in [3.8, 4) is 0 Å². The van der Waals surface area contributed by atoms with Gasteiger partial charge in [0.25, 0.3) is 0 Å². The molecule has 0 saturated heterocycles. The van der Waals surface area contributed by atoms with Crippen LogP contribution in [0.15, 0.2) is 12.1 Å². The highest BCUT2D eigenvalue weighted by molar-refractivity contribution is 5.83. The molecule has 0 aliphatic heterocycles. The van der Waals surface area contributed by atoms with Crippen LogP contribution in [0.2, 0.25) is 0 Å². The number of aryl methyl sites for hydroxylation is 2. The summed E-state index contributed by atoms with van der Waals surface area (Å²) in [5.74, 6) is 2.11. The Morgan fingerprint density at radius 3 is 2.29 bits per heavy atom. The van der Waals surface area contributed by atoms with Gasteiger partial charge in [-0.2, -0.15) is 0 Å². The predicted octanol–water partition coefficient (Wildman–Crippen LogP) is 5.42. The van der Waals surface area contributed by atoms with Crippen LogP contribution in [0.25, 0.3) is 10.9 Å². The molecule has 1 fully saturated rings. The van der Waals surface area contributed by atoms with Crippen molar-refractivity contribution in [1.82, 2.24) is 9.97 Å². The van der Waals surface area contributed by atoms with E-state index in [1.54, 1.807) is 0 Å². The van der Waals surface area contributed by atoms with Gasteiger partial charge in [-0.15, -0.1) is 0 Å². The second kappa shape index (κ2) is 5.75. The average Bonchev–Trinajstić information content (AvgIpc) is 2.48. The van der Waals surface area contributed by atoms with Gasteiger partial charge in [0.15, 0.2) is 0 Å². The van der Waals surface area contributed by atoms with Crippen molar-refractivity contribution in [3.05, 3.63) is 34.8 Å². The monoisotopic (exact) mass is 282 g/mol. The van der Waals surface area contributed by atoms with E-state index in [0.29, 0.717) is 11.8 Å². The number of benzene rings is 1. The maximum atomic E-state index is 4.98. The van der Waals surface area contributed by atoms with E-state index >= 15 is 0 Å². The van der Waals surface area contributed by atoms with E-state index in [1.807, 2.05) is 0 Å². The normalized spacial score (nSPS) is 16.8. The largest absolute Gasteiger partial charge is 0.237 e. The van der Waals surface area contributed by atoms with Crippen LogP contribution in [-0.4, -0.2) is 9.97 Å². The Bertz CT molecular complexity index is 652. The Balaban J connectivity index is 2.16. The van der Waals surface area contributed by atoms with E-state index in [9.17, 15) is 0 Å². The van der Waals surface area contributed by atoms with E-state index in [0.717, 1.165) is 11.3 Å². The summed E-state index contributed by atoms with van der Waals surface area (Å²) in [5.41, 5.74) is 5.02. The Kier molecular flexibility index (Phi) is 3.97. The van der Waals surface area contributed by atoms with Crippen molar-refractivity contribution in [1.29, 1.82) is 0 Å². The molecule has 1 heterocycles. The molecule has 2 nitrogen and oxygen atoms in total. The number of nitrogens with zero attached hydrogens (tertiary/aromatic N) is 2. The van der Waals surface area contributed by atoms with E-state index < -0.39 is 0 Å². The maximum absolute atomic E-state index is 4.98. The summed E-state index contributed by atoms with van der Waals surface area (Å²) in [5, 5.41) is 1.24. The molecule has 21 heavy (non-hydrogen) atoms. The Morgan fingerprint density at radius 2 is 1.62 bits per heavy atom. The molecule has 1 aromatic carbocycles. The van der Waals surface area contributed by atoms with Crippen LogP contribution in [-0.2, 0) is 0 Å². The molecular weight excluding hydrogens is 256 g/mol. The average molecular weight is 282 g/mol. The molecule has 3 rings (SSSR count). The minimum atomic E-state index is 0.444. The number of fused-ring (bicyclic) bond motifs is 1. The molecule has 0 unspecified atom stereocenters. The maximum Gasteiger partial charge on any atom is 0.132 e. The Morgan fingerprint density at radius 1 is 0.952 bits per heavy atom. The lowest BCUT2D eigenvalue weighted by Gasteiger charge is -2.22. The van der Waals surface area contributed by atoms with Gasteiger partial charge in [-0.25, -0.2) is 9.97 Å². The molecule has 0 N–H and O–H groups in total. The molecular formula is C19H26N2. The first-order valence-corrected chi connectivity index (χ1v) is 8.35. The van der Waals surface area contributed by atoms with Gasteiger partial charge in [-0.1, -0.05) is 33.1 Å². The lowest BCUT2D eigenvalue weighted by molar-refractivity contribution is 0.428. The van der Waals surface area contributed by atoms with Crippen LogP contribution in [0.5, 0.6) is 0 Å². The third-order valence-corrected chi connectivity index (χ3v) is 4.88. The molecule has 1 aliphatic carbocycles. The van der Waals surface area contributed by atoms with Crippen molar-refractivity contribution in [3.63, 3.8) is 0 Å². The summed E-state index contributed by atoms with van der Waals surface area (Å²) >= 11 is 0. The fourth-order valence-corrected chi connectivity index (χ4v) is 3.41. The lowest BCUT2D eigenvalue weighted by Crippen LogP contribution is -2.11. The minimum Gasteiger partial charge on any atom is -0.237 e. The standard InChI is InChI=1S/C19H26N2/c1-12(2)18-16-10-13(3)14(4)11-17(16)20-19(21-18)15-8-6-5-7-9-15/h10-12,15H,5-9H2,1-4H3. The zero-order chi connectivity index (χ0) is 15.0. The van der Waals surface area contributed by atoms with Gasteiger partial charge in [-0.05, 0) is 55.9 Å². The van der Waals surface area contributed by atoms with Gasteiger partial charge >= 0.3 is 0 Å². The molecule has 1 aliphatic rings.